The fourth-order valence-corrected chi connectivity index (χ4v) is 0. The third-order valence-electron chi connectivity index (χ3n) is 0. The summed E-state index contributed by atoms with van der Waals surface area (Å²) < 4.78 is 0. The molecule has 0 aliphatic carbocycles. The second-order valence-corrected chi connectivity index (χ2v) is 0. The quantitative estimate of drug-likeness (QED) is 0.356. The molecule has 4 heavy (non-hydrogen) atoms. The topological polar surface area (TPSA) is 0 Å². The molecule has 0 aliphatic heterocycles. The molecule has 0 saturated carbocycles. The molecule has 0 saturated heterocycles. The van der Waals surface area contributed by atoms with Gasteiger partial charge >= 0.3 is 0 Å². The van der Waals surface area contributed by atoms with Gasteiger partial charge in [0.25, 0.3) is 0 Å². The van der Waals surface area contributed by atoms with Gasteiger partial charge in [-0.2, -0.15) is 0 Å². The zero-order chi connectivity index (χ0) is 0. The van der Waals surface area contributed by atoms with Crippen LogP contribution in [0.2, 0.25) is 0 Å². The van der Waals surface area contributed by atoms with Crippen LogP contribution in [0.1, 0.15) is 0 Å². The molecule has 0 amide bonds. The van der Waals surface area contributed by atoms with Gasteiger partial charge in [-0.3, -0.25) is 0 Å². The Labute approximate surface area is 87.5 Å². The monoisotopic (exact) mass is 560 g/mol. The maximum atomic E-state index is 0. The summed E-state index contributed by atoms with van der Waals surface area (Å²) in [5.41, 5.74) is 0. The summed E-state index contributed by atoms with van der Waals surface area (Å²) in [6.45, 7) is 0. The van der Waals surface area contributed by atoms with Gasteiger partial charge in [0.05, 0.1) is 0 Å². The largest absolute Gasteiger partial charge is 0 e. The second-order valence-electron chi connectivity index (χ2n) is 0. The maximum Gasteiger partial charge on any atom is 0 e. The molecule has 0 aromatic heterocycles. The van der Waals surface area contributed by atoms with E-state index >= 15 is 0 Å². The van der Waals surface area contributed by atoms with Crippen LogP contribution in [-0.4, -0.2) is 23.9 Å². The molecule has 0 aliphatic rings. The number of hydrogen-bond acceptors (Lipinski definition) is 0. The van der Waals surface area contributed by atoms with Crippen molar-refractivity contribution in [2.45, 2.75) is 0 Å². The first-order valence-electron chi connectivity index (χ1n) is 0. The minimum absolute atomic E-state index is 0. The third kappa shape index (κ3) is 8.87. The van der Waals surface area contributed by atoms with Crippen molar-refractivity contribution >= 4 is 23.9 Å². The molecule has 29 valence electrons. The summed E-state index contributed by atoms with van der Waals surface area (Å²) in [6, 6.07) is 0. The average Bonchev–Trinajstić information content (AvgIpc) is 0. The van der Waals surface area contributed by atoms with E-state index in [0.717, 1.165) is 0 Å². The minimum atomic E-state index is 0. The Morgan fingerprint density at radius 2 is 1.00 bits per heavy atom. The van der Waals surface area contributed by atoms with Crippen LogP contribution < -0.4 is 0 Å². The van der Waals surface area contributed by atoms with Gasteiger partial charge in [0.1, 0.15) is 0 Å². The fraction of sp³-hybridized carbons (Fsp3) is 0. The van der Waals surface area contributed by atoms with Crippen LogP contribution in [0, 0.1) is 0 Å². The Bertz CT molecular complexity index is 8.00. The van der Waals surface area contributed by atoms with Gasteiger partial charge in [-0.05, 0) is 0 Å². The first-order chi connectivity index (χ1) is 0. The van der Waals surface area contributed by atoms with E-state index in [1.165, 1.54) is 0 Å². The van der Waals surface area contributed by atoms with Gasteiger partial charge in [-0.25, -0.2) is 0 Å². The maximum absolute atomic E-state index is 0. The Morgan fingerprint density at radius 1 is 1.00 bits per heavy atom. The van der Waals surface area contributed by atoms with E-state index in [2.05, 4.69) is 0 Å². The Kier molecular flexibility index (Phi) is 119. The summed E-state index contributed by atoms with van der Waals surface area (Å²) in [6.07, 6.45) is 0. The van der Waals surface area contributed by atoms with Gasteiger partial charge in [0.2, 0.25) is 0 Å². The van der Waals surface area contributed by atoms with Crippen LogP contribution in [0.15, 0.2) is 0 Å². The molecule has 0 spiro atoms. The second kappa shape index (κ2) is 16.8. The van der Waals surface area contributed by atoms with Crippen molar-refractivity contribution in [3.63, 3.8) is 0 Å². The summed E-state index contributed by atoms with van der Waals surface area (Å²) in [5, 5.41) is 0. The zero-order valence-corrected chi connectivity index (χ0v) is 10.5. The molecule has 0 aromatic rings. The van der Waals surface area contributed by atoms with Crippen molar-refractivity contribution in [2.24, 2.45) is 0 Å². The molecule has 4 heteroatoms. The summed E-state index contributed by atoms with van der Waals surface area (Å²) in [4.78, 5) is 0. The van der Waals surface area contributed by atoms with Crippen molar-refractivity contribution in [1.29, 1.82) is 0 Å². The van der Waals surface area contributed by atoms with E-state index in [0.29, 0.717) is 0 Å². The van der Waals surface area contributed by atoms with Crippen molar-refractivity contribution in [3.05, 3.63) is 0 Å². The third-order valence-corrected chi connectivity index (χ3v) is 0. The molecule has 0 rings (SSSR count). The predicted molar refractivity (Wildman–Crippen MR) is 5.75 cm³/mol. The molecule has 0 N–H and O–H groups in total. The van der Waals surface area contributed by atoms with Gasteiger partial charge in [-0.15, -0.1) is 0 Å². The zero-order valence-electron chi connectivity index (χ0n) is 1.62. The van der Waals surface area contributed by atoms with Crippen molar-refractivity contribution in [1.82, 2.24) is 0 Å². The summed E-state index contributed by atoms with van der Waals surface area (Å²) >= 11 is 0. The average molecular weight is 559 g/mol. The first-order valence-corrected chi connectivity index (χ1v) is 0. The van der Waals surface area contributed by atoms with Gasteiger partial charge in [0, 0.05) is 89.1 Å². The molecule has 0 heterocycles. The molecule has 0 unspecified atom stereocenters. The van der Waals surface area contributed by atoms with Crippen molar-refractivity contribution < 1.29 is 65.2 Å². The normalized spacial score (nSPS) is 0. The Hall–Kier alpha value is 2.94. The van der Waals surface area contributed by atoms with Gasteiger partial charge in [0.15, 0.2) is 0 Å². The fourth-order valence-electron chi connectivity index (χ4n) is 0. The smallest absolute Gasteiger partial charge is 0 e. The van der Waals surface area contributed by atoms with Crippen LogP contribution in [0.4, 0.5) is 0 Å². The van der Waals surface area contributed by atoms with Crippen LogP contribution in [0.5, 0.6) is 0 Å². The van der Waals surface area contributed by atoms with Gasteiger partial charge in [-0.1, -0.05) is 0 Å². The molecule has 0 fully saturated rings. The van der Waals surface area contributed by atoms with E-state index < -0.39 is 0 Å². The van der Waals surface area contributed by atoms with E-state index in [9.17, 15) is 0 Å². The molecular formula is AuPtSnTi. The first kappa shape index (κ1) is 28.3. The predicted octanol–water partition coefficient (Wildman–Crippen LogP) is -0.388. The van der Waals surface area contributed by atoms with E-state index in [-0.39, 0.29) is 89.1 Å². The standard InChI is InChI=1S/Au.Pt.Sn.Ti. The molecule has 0 bridgehead atoms. The Morgan fingerprint density at radius 3 is 1.00 bits per heavy atom. The molecular weight excluding hydrogens is 559 g/mol. The molecule has 5 radical (unpaired) electrons. The van der Waals surface area contributed by atoms with Crippen molar-refractivity contribution in [3.8, 4) is 0 Å². The minimum Gasteiger partial charge on any atom is 0 e. The molecule has 0 nitrogen and oxygen atoms in total. The van der Waals surface area contributed by atoms with Crippen LogP contribution >= 0.6 is 0 Å². The van der Waals surface area contributed by atoms with Gasteiger partial charge < -0.3 is 0 Å². The van der Waals surface area contributed by atoms with Crippen LogP contribution in [0.3, 0.4) is 0 Å². The summed E-state index contributed by atoms with van der Waals surface area (Å²) in [7, 11) is 0. The van der Waals surface area contributed by atoms with E-state index in [4.69, 9.17) is 0 Å². The Balaban J connectivity index is 0. The van der Waals surface area contributed by atoms with Crippen LogP contribution in [0.25, 0.3) is 0 Å². The van der Waals surface area contributed by atoms with Crippen LogP contribution in [-0.2, 0) is 65.2 Å². The van der Waals surface area contributed by atoms with E-state index in [1.807, 2.05) is 0 Å². The molecule has 0 atom stereocenters. The SMILES string of the molecule is [Au].[Pt].[Sn].[Ti]. The van der Waals surface area contributed by atoms with Crippen molar-refractivity contribution in [2.75, 3.05) is 0 Å². The summed E-state index contributed by atoms with van der Waals surface area (Å²) in [5.74, 6) is 0. The number of hydrogen-bond donors (Lipinski definition) is 0. The van der Waals surface area contributed by atoms with E-state index in [1.54, 1.807) is 0 Å². The number of rotatable bonds is 0. The molecule has 0 aromatic carbocycles.